The highest BCUT2D eigenvalue weighted by atomic mass is 19.4. The fourth-order valence-corrected chi connectivity index (χ4v) is 2.26. The lowest BCUT2D eigenvalue weighted by atomic mass is 9.78. The molecule has 0 aliphatic rings. The molecule has 0 fully saturated rings. The van der Waals surface area contributed by atoms with Gasteiger partial charge in [0.05, 0.1) is 0 Å². The van der Waals surface area contributed by atoms with Gasteiger partial charge < -0.3 is 0 Å². The summed E-state index contributed by atoms with van der Waals surface area (Å²) in [5.74, 6) is 0. The molecule has 2 aromatic carbocycles. The van der Waals surface area contributed by atoms with Gasteiger partial charge in [-0.1, -0.05) is 72.8 Å². The molecule has 0 radical (unpaired) electrons. The summed E-state index contributed by atoms with van der Waals surface area (Å²) in [7, 11) is 0. The van der Waals surface area contributed by atoms with Crippen LogP contribution in [0, 0.1) is 0 Å². The highest BCUT2D eigenvalue weighted by Crippen LogP contribution is 2.53. The van der Waals surface area contributed by atoms with E-state index in [-0.39, 0.29) is 11.6 Å². The third-order valence-electron chi connectivity index (χ3n) is 3.45. The maximum atomic E-state index is 13.5. The first kappa shape index (κ1) is 17.1. The Bertz CT molecular complexity index is 639. The van der Waals surface area contributed by atoms with Crippen molar-refractivity contribution in [3.63, 3.8) is 0 Å². The van der Waals surface area contributed by atoms with Crippen LogP contribution in [-0.2, 0) is 5.41 Å². The van der Waals surface area contributed by atoms with Crippen LogP contribution in [0.3, 0.4) is 0 Å². The van der Waals surface area contributed by atoms with E-state index in [2.05, 4.69) is 0 Å². The Morgan fingerprint density at radius 3 is 1.48 bits per heavy atom. The Morgan fingerprint density at radius 1 is 0.609 bits per heavy atom. The number of alkyl halides is 6. The highest BCUT2D eigenvalue weighted by Gasteiger charge is 2.70. The second-order valence-corrected chi connectivity index (χ2v) is 4.91. The molecular formula is C17H12F6. The Labute approximate surface area is 129 Å². The molecule has 0 bridgehead atoms. The molecule has 0 spiro atoms. The van der Waals surface area contributed by atoms with Crippen LogP contribution in [-0.4, -0.2) is 12.4 Å². The molecule has 0 aliphatic heterocycles. The standard InChI is InChI=1S/C17H12F6/c18-16(19,20)15(17(21,22)23,14-9-5-2-6-10-14)12-11-13-7-3-1-4-8-13/h1-12H. The van der Waals surface area contributed by atoms with Crippen LogP contribution in [0.15, 0.2) is 66.7 Å². The predicted molar refractivity (Wildman–Crippen MR) is 75.7 cm³/mol. The number of allylic oxidation sites excluding steroid dienone is 1. The van der Waals surface area contributed by atoms with Crippen molar-refractivity contribution < 1.29 is 26.3 Å². The minimum absolute atomic E-state index is 0.178. The summed E-state index contributed by atoms with van der Waals surface area (Å²) in [5, 5.41) is 0. The summed E-state index contributed by atoms with van der Waals surface area (Å²) in [6.07, 6.45) is -10.0. The molecule has 23 heavy (non-hydrogen) atoms. The Balaban J connectivity index is 2.66. The van der Waals surface area contributed by atoms with Crippen molar-refractivity contribution >= 4 is 6.08 Å². The average Bonchev–Trinajstić information content (AvgIpc) is 2.47. The number of hydrogen-bond donors (Lipinski definition) is 0. The van der Waals surface area contributed by atoms with Gasteiger partial charge >= 0.3 is 12.4 Å². The van der Waals surface area contributed by atoms with Crippen molar-refractivity contribution in [1.82, 2.24) is 0 Å². The molecule has 0 nitrogen and oxygen atoms in total. The minimum atomic E-state index is -5.53. The molecule has 122 valence electrons. The zero-order valence-corrected chi connectivity index (χ0v) is 11.7. The second-order valence-electron chi connectivity index (χ2n) is 4.91. The van der Waals surface area contributed by atoms with Gasteiger partial charge in [0, 0.05) is 0 Å². The first-order valence-corrected chi connectivity index (χ1v) is 6.62. The number of hydrogen-bond acceptors (Lipinski definition) is 0. The summed E-state index contributed by atoms with van der Waals surface area (Å²) in [6, 6.07) is 12.9. The molecule has 0 amide bonds. The Morgan fingerprint density at radius 2 is 1.04 bits per heavy atom. The summed E-state index contributed by atoms with van der Waals surface area (Å²) >= 11 is 0. The molecule has 0 unspecified atom stereocenters. The van der Waals surface area contributed by atoms with E-state index in [9.17, 15) is 26.3 Å². The molecule has 0 saturated heterocycles. The molecule has 0 heterocycles. The zero-order valence-electron chi connectivity index (χ0n) is 11.7. The van der Waals surface area contributed by atoms with Gasteiger partial charge in [-0.25, -0.2) is 0 Å². The molecular weight excluding hydrogens is 318 g/mol. The van der Waals surface area contributed by atoms with Gasteiger partial charge in [0.1, 0.15) is 0 Å². The molecule has 0 aliphatic carbocycles. The number of rotatable bonds is 3. The van der Waals surface area contributed by atoms with Crippen LogP contribution in [0.1, 0.15) is 11.1 Å². The zero-order chi connectivity index (χ0) is 17.1. The molecule has 0 atom stereocenters. The largest absolute Gasteiger partial charge is 0.410 e. The Hall–Kier alpha value is -2.24. The van der Waals surface area contributed by atoms with Gasteiger partial charge in [0.25, 0.3) is 0 Å². The van der Waals surface area contributed by atoms with E-state index in [4.69, 9.17) is 0 Å². The third-order valence-corrected chi connectivity index (χ3v) is 3.45. The van der Waals surface area contributed by atoms with E-state index >= 15 is 0 Å². The van der Waals surface area contributed by atoms with Gasteiger partial charge in [-0.2, -0.15) is 26.3 Å². The van der Waals surface area contributed by atoms with E-state index in [1.807, 2.05) is 0 Å². The summed E-state index contributed by atoms with van der Waals surface area (Å²) in [6.45, 7) is 0. The van der Waals surface area contributed by atoms with Crippen LogP contribution in [0.25, 0.3) is 6.08 Å². The second kappa shape index (κ2) is 6.10. The van der Waals surface area contributed by atoms with Crippen LogP contribution in [0.5, 0.6) is 0 Å². The van der Waals surface area contributed by atoms with Crippen molar-refractivity contribution in [2.75, 3.05) is 0 Å². The van der Waals surface area contributed by atoms with Crippen LogP contribution < -0.4 is 0 Å². The topological polar surface area (TPSA) is 0 Å². The predicted octanol–water partition coefficient (Wildman–Crippen LogP) is 5.76. The quantitative estimate of drug-likeness (QED) is 0.628. The SMILES string of the molecule is FC(F)(F)C(C=Cc1ccccc1)(c1ccccc1)C(F)(F)F. The fraction of sp³-hybridized carbons (Fsp3) is 0.176. The van der Waals surface area contributed by atoms with Gasteiger partial charge in [-0.05, 0) is 11.1 Å². The Kier molecular flexibility index (Phi) is 4.54. The van der Waals surface area contributed by atoms with Crippen LogP contribution >= 0.6 is 0 Å². The molecule has 6 heteroatoms. The molecule has 0 aromatic heterocycles. The van der Waals surface area contributed by atoms with Crippen molar-refractivity contribution in [1.29, 1.82) is 0 Å². The van der Waals surface area contributed by atoms with E-state index < -0.39 is 23.3 Å². The molecule has 0 saturated carbocycles. The van der Waals surface area contributed by atoms with E-state index in [1.165, 1.54) is 30.3 Å². The van der Waals surface area contributed by atoms with Crippen molar-refractivity contribution in [2.45, 2.75) is 17.8 Å². The summed E-state index contributed by atoms with van der Waals surface area (Å²) in [4.78, 5) is 0. The van der Waals surface area contributed by atoms with Crippen LogP contribution in [0.2, 0.25) is 0 Å². The highest BCUT2D eigenvalue weighted by molar-refractivity contribution is 5.53. The van der Waals surface area contributed by atoms with Gasteiger partial charge in [0.2, 0.25) is 5.41 Å². The number of halogens is 6. The van der Waals surface area contributed by atoms with Crippen LogP contribution in [0.4, 0.5) is 26.3 Å². The third kappa shape index (κ3) is 3.25. The smallest absolute Gasteiger partial charge is 0.169 e. The maximum absolute atomic E-state index is 13.5. The lowest BCUT2D eigenvalue weighted by Crippen LogP contribution is -2.52. The van der Waals surface area contributed by atoms with Gasteiger partial charge in [-0.15, -0.1) is 0 Å². The van der Waals surface area contributed by atoms with E-state index in [0.717, 1.165) is 30.3 Å². The van der Waals surface area contributed by atoms with E-state index in [1.54, 1.807) is 6.07 Å². The van der Waals surface area contributed by atoms with E-state index in [0.29, 0.717) is 0 Å². The summed E-state index contributed by atoms with van der Waals surface area (Å²) in [5.41, 5.74) is -4.68. The molecule has 2 aromatic rings. The lowest BCUT2D eigenvalue weighted by molar-refractivity contribution is -0.285. The average molecular weight is 330 g/mol. The van der Waals surface area contributed by atoms with Crippen molar-refractivity contribution in [3.05, 3.63) is 77.9 Å². The summed E-state index contributed by atoms with van der Waals surface area (Å²) < 4.78 is 80.9. The first-order chi connectivity index (χ1) is 10.7. The fourth-order valence-electron chi connectivity index (χ4n) is 2.26. The molecule has 2 rings (SSSR count). The van der Waals surface area contributed by atoms with Crippen molar-refractivity contribution in [2.24, 2.45) is 0 Å². The monoisotopic (exact) mass is 330 g/mol. The normalized spacial score (nSPS) is 13.5. The first-order valence-electron chi connectivity index (χ1n) is 6.62. The lowest BCUT2D eigenvalue weighted by Gasteiger charge is -2.35. The number of benzene rings is 2. The van der Waals surface area contributed by atoms with Crippen molar-refractivity contribution in [3.8, 4) is 0 Å². The maximum Gasteiger partial charge on any atom is 0.410 e. The minimum Gasteiger partial charge on any atom is -0.169 e. The van der Waals surface area contributed by atoms with Gasteiger partial charge in [0.15, 0.2) is 0 Å². The van der Waals surface area contributed by atoms with Gasteiger partial charge in [-0.3, -0.25) is 0 Å². The molecule has 0 N–H and O–H groups in total.